The Morgan fingerprint density at radius 1 is 1.10 bits per heavy atom. The first-order valence-electron chi connectivity index (χ1n) is 9.80. The van der Waals surface area contributed by atoms with Gasteiger partial charge in [0.05, 0.1) is 10.9 Å². The van der Waals surface area contributed by atoms with Crippen LogP contribution in [0.5, 0.6) is 0 Å². The Labute approximate surface area is 177 Å². The lowest BCUT2D eigenvalue weighted by molar-refractivity contribution is -0.117. The lowest BCUT2D eigenvalue weighted by Crippen LogP contribution is -2.48. The van der Waals surface area contributed by atoms with Crippen LogP contribution in [0.2, 0.25) is 0 Å². The van der Waals surface area contributed by atoms with Gasteiger partial charge in [0.15, 0.2) is 0 Å². The van der Waals surface area contributed by atoms with Gasteiger partial charge in [-0.15, -0.1) is 0 Å². The molecule has 30 heavy (non-hydrogen) atoms. The number of primary sulfonamides is 1. The van der Waals surface area contributed by atoms with Crippen molar-refractivity contribution in [3.63, 3.8) is 0 Å². The quantitative estimate of drug-likeness (QED) is 0.490. The molecule has 1 atom stereocenters. The zero-order valence-electron chi connectivity index (χ0n) is 16.9. The van der Waals surface area contributed by atoms with Crippen molar-refractivity contribution in [2.45, 2.75) is 36.1 Å². The van der Waals surface area contributed by atoms with Gasteiger partial charge in [-0.1, -0.05) is 12.1 Å². The van der Waals surface area contributed by atoms with Crippen LogP contribution in [0.15, 0.2) is 53.4 Å². The molecule has 0 spiro atoms. The normalized spacial score (nSPS) is 17.3. The Kier molecular flexibility index (Phi) is 6.77. The molecule has 0 aromatic heterocycles. The van der Waals surface area contributed by atoms with E-state index in [1.165, 1.54) is 29.8 Å². The maximum absolute atomic E-state index is 12.6. The van der Waals surface area contributed by atoms with Gasteiger partial charge in [0.1, 0.15) is 0 Å². The van der Waals surface area contributed by atoms with Gasteiger partial charge in [-0.05, 0) is 61.7 Å². The van der Waals surface area contributed by atoms with E-state index < -0.39 is 16.1 Å². The molecule has 8 nitrogen and oxygen atoms in total. The summed E-state index contributed by atoms with van der Waals surface area (Å²) in [4.78, 5) is 12.6. The Balaban J connectivity index is 1.64. The third-order valence-corrected chi connectivity index (χ3v) is 6.49. The molecular formula is C21H28N4O4S. The maximum atomic E-state index is 12.6. The van der Waals surface area contributed by atoms with Crippen molar-refractivity contribution in [1.82, 2.24) is 5.32 Å². The Morgan fingerprint density at radius 2 is 1.70 bits per heavy atom. The second kappa shape index (κ2) is 9.13. The van der Waals surface area contributed by atoms with Gasteiger partial charge in [0, 0.05) is 36.5 Å². The second-order valence-electron chi connectivity index (χ2n) is 7.68. The first kappa shape index (κ1) is 22.2. The molecule has 162 valence electrons. The fraction of sp³-hybridized carbons (Fsp3) is 0.381. The summed E-state index contributed by atoms with van der Waals surface area (Å²) < 4.78 is 28.2. The highest BCUT2D eigenvalue weighted by molar-refractivity contribution is 7.89. The Bertz CT molecular complexity index is 969. The van der Waals surface area contributed by atoms with Crippen LogP contribution in [0.3, 0.4) is 0 Å². The smallest absolute Gasteiger partial charge is 0.241 e. The number of nitrogens with one attached hydrogen (secondary N) is 2. The molecule has 2 aromatic rings. The van der Waals surface area contributed by atoms with Crippen LogP contribution in [0, 0.1) is 0 Å². The maximum Gasteiger partial charge on any atom is 0.241 e. The minimum absolute atomic E-state index is 0.00312. The van der Waals surface area contributed by atoms with Crippen molar-refractivity contribution in [3.05, 3.63) is 54.1 Å². The number of nitrogen functional groups attached to an aromatic ring is 1. The molecule has 1 amide bonds. The molecule has 3 rings (SSSR count). The number of rotatable bonds is 7. The predicted molar refractivity (Wildman–Crippen MR) is 116 cm³/mol. The highest BCUT2D eigenvalue weighted by Gasteiger charge is 2.35. The predicted octanol–water partition coefficient (Wildman–Crippen LogP) is 1.58. The van der Waals surface area contributed by atoms with Crippen LogP contribution in [0.25, 0.3) is 0 Å². The van der Waals surface area contributed by atoms with Crippen molar-refractivity contribution in [2.24, 2.45) is 5.14 Å². The van der Waals surface area contributed by atoms with E-state index in [9.17, 15) is 13.2 Å². The van der Waals surface area contributed by atoms with Gasteiger partial charge in [0.25, 0.3) is 0 Å². The first-order valence-corrected chi connectivity index (χ1v) is 11.4. The SMILES string of the molecule is CC(NCC1(c2ccc(N)cc2)CCOCC1)C(=O)Nc1ccc(S(N)(=O)=O)cc1. The second-order valence-corrected chi connectivity index (χ2v) is 9.24. The van der Waals surface area contributed by atoms with Gasteiger partial charge in [-0.25, -0.2) is 13.6 Å². The number of ether oxygens (including phenoxy) is 1. The molecular weight excluding hydrogens is 404 g/mol. The average Bonchev–Trinajstić information content (AvgIpc) is 2.73. The molecule has 9 heteroatoms. The molecule has 6 N–H and O–H groups in total. The van der Waals surface area contributed by atoms with E-state index in [4.69, 9.17) is 15.6 Å². The lowest BCUT2D eigenvalue weighted by Gasteiger charge is -2.38. The van der Waals surface area contributed by atoms with E-state index in [0.29, 0.717) is 25.4 Å². The van der Waals surface area contributed by atoms with E-state index >= 15 is 0 Å². The van der Waals surface area contributed by atoms with Crippen LogP contribution in [-0.2, 0) is 25.0 Å². The number of carbonyl (C=O) groups is 1. The summed E-state index contributed by atoms with van der Waals surface area (Å²) in [5.74, 6) is -0.210. The summed E-state index contributed by atoms with van der Waals surface area (Å²) in [6, 6.07) is 13.2. The lowest BCUT2D eigenvalue weighted by atomic mass is 9.74. The third-order valence-electron chi connectivity index (χ3n) is 5.56. The van der Waals surface area contributed by atoms with Gasteiger partial charge in [0.2, 0.25) is 15.9 Å². The van der Waals surface area contributed by atoms with Gasteiger partial charge >= 0.3 is 0 Å². The average molecular weight is 433 g/mol. The minimum atomic E-state index is -3.76. The number of hydrogen-bond acceptors (Lipinski definition) is 6. The first-order chi connectivity index (χ1) is 14.2. The Hall–Kier alpha value is -2.46. The van der Waals surface area contributed by atoms with Crippen LogP contribution in [0.4, 0.5) is 11.4 Å². The molecule has 0 radical (unpaired) electrons. The zero-order chi connectivity index (χ0) is 21.8. The topological polar surface area (TPSA) is 137 Å². The van der Waals surface area contributed by atoms with Crippen molar-refractivity contribution in [3.8, 4) is 0 Å². The highest BCUT2D eigenvalue weighted by atomic mass is 32.2. The summed E-state index contributed by atoms with van der Waals surface area (Å²) >= 11 is 0. The van der Waals surface area contributed by atoms with Gasteiger partial charge in [-0.3, -0.25) is 4.79 Å². The monoisotopic (exact) mass is 432 g/mol. The number of anilines is 2. The molecule has 1 aliphatic heterocycles. The molecule has 0 saturated carbocycles. The van der Waals surface area contributed by atoms with Gasteiger partial charge < -0.3 is 21.1 Å². The van der Waals surface area contributed by atoms with Crippen LogP contribution in [0.1, 0.15) is 25.3 Å². The molecule has 0 bridgehead atoms. The number of sulfonamides is 1. The molecule has 1 unspecified atom stereocenters. The van der Waals surface area contributed by atoms with Crippen LogP contribution >= 0.6 is 0 Å². The fourth-order valence-electron chi connectivity index (χ4n) is 3.59. The minimum Gasteiger partial charge on any atom is -0.399 e. The number of nitrogens with two attached hydrogens (primary N) is 2. The van der Waals surface area contributed by atoms with Crippen molar-refractivity contribution >= 4 is 27.3 Å². The summed E-state index contributed by atoms with van der Waals surface area (Å²) in [5, 5.41) is 11.2. The molecule has 1 fully saturated rings. The van der Waals surface area contributed by atoms with Crippen molar-refractivity contribution in [2.75, 3.05) is 30.8 Å². The molecule has 1 heterocycles. The number of hydrogen-bond donors (Lipinski definition) is 4. The summed E-state index contributed by atoms with van der Waals surface area (Å²) in [5.41, 5.74) is 8.10. The van der Waals surface area contributed by atoms with Crippen molar-refractivity contribution < 1.29 is 17.9 Å². The van der Waals surface area contributed by atoms with Crippen LogP contribution < -0.4 is 21.5 Å². The summed E-state index contributed by atoms with van der Waals surface area (Å²) in [6.07, 6.45) is 1.71. The summed E-state index contributed by atoms with van der Waals surface area (Å²) in [7, 11) is -3.76. The molecule has 2 aromatic carbocycles. The highest BCUT2D eigenvalue weighted by Crippen LogP contribution is 2.34. The summed E-state index contributed by atoms with van der Waals surface area (Å²) in [6.45, 7) is 3.76. The van der Waals surface area contributed by atoms with E-state index in [-0.39, 0.29) is 16.2 Å². The molecule has 0 aliphatic carbocycles. The van der Waals surface area contributed by atoms with Crippen LogP contribution in [-0.4, -0.2) is 40.1 Å². The number of benzene rings is 2. The van der Waals surface area contributed by atoms with E-state index in [1.54, 1.807) is 6.92 Å². The fourth-order valence-corrected chi connectivity index (χ4v) is 4.10. The number of carbonyl (C=O) groups excluding carboxylic acids is 1. The zero-order valence-corrected chi connectivity index (χ0v) is 17.7. The molecule has 1 saturated heterocycles. The molecule has 1 aliphatic rings. The van der Waals surface area contributed by atoms with E-state index in [2.05, 4.69) is 10.6 Å². The Morgan fingerprint density at radius 3 is 2.27 bits per heavy atom. The van der Waals surface area contributed by atoms with E-state index in [0.717, 1.165) is 18.5 Å². The van der Waals surface area contributed by atoms with Crippen molar-refractivity contribution in [1.29, 1.82) is 0 Å². The third kappa shape index (κ3) is 5.37. The van der Waals surface area contributed by atoms with Gasteiger partial charge in [-0.2, -0.15) is 0 Å². The number of amides is 1. The standard InChI is InChI=1S/C21H28N4O4S/c1-15(20(26)25-18-6-8-19(9-7-18)30(23,27)28)24-14-21(10-12-29-13-11-21)16-2-4-17(22)5-3-16/h2-9,15,24H,10-14,22H2,1H3,(H,25,26)(H2,23,27,28). The largest absolute Gasteiger partial charge is 0.399 e. The van der Waals surface area contributed by atoms with E-state index in [1.807, 2.05) is 24.3 Å².